The van der Waals surface area contributed by atoms with Crippen LogP contribution < -0.4 is 0 Å². The molecule has 0 N–H and O–H groups in total. The zero-order valence-corrected chi connectivity index (χ0v) is 14.5. The van der Waals surface area contributed by atoms with Gasteiger partial charge in [-0.1, -0.05) is 42.3 Å². The quantitative estimate of drug-likeness (QED) is 0.834. The topological polar surface area (TPSA) is 59.2 Å². The molecule has 0 spiro atoms. The number of likely N-dealkylation sites (tertiary alicyclic amines) is 1. The molecular formula is C19H25N3O2. The minimum Gasteiger partial charge on any atom is -0.343 e. The van der Waals surface area contributed by atoms with Gasteiger partial charge in [0.15, 0.2) is 0 Å². The normalized spacial score (nSPS) is 15.7. The number of rotatable bonds is 5. The van der Waals surface area contributed by atoms with Crippen molar-refractivity contribution in [2.24, 2.45) is 0 Å². The van der Waals surface area contributed by atoms with Crippen LogP contribution in [0.15, 0.2) is 28.8 Å². The average Bonchev–Trinajstić information content (AvgIpc) is 3.10. The Bertz CT molecular complexity index is 687. The molecule has 1 aliphatic heterocycles. The Labute approximate surface area is 143 Å². The second-order valence-electron chi connectivity index (χ2n) is 6.58. The summed E-state index contributed by atoms with van der Waals surface area (Å²) in [5.41, 5.74) is 2.16. The van der Waals surface area contributed by atoms with E-state index in [1.165, 1.54) is 5.56 Å². The molecule has 2 aromatic rings. The van der Waals surface area contributed by atoms with Gasteiger partial charge in [0.2, 0.25) is 17.6 Å². The molecular weight excluding hydrogens is 302 g/mol. The number of carbonyl (C=O) groups is 1. The molecule has 1 aliphatic rings. The molecule has 1 amide bonds. The Morgan fingerprint density at radius 2 is 2.12 bits per heavy atom. The van der Waals surface area contributed by atoms with E-state index in [4.69, 9.17) is 4.52 Å². The van der Waals surface area contributed by atoms with E-state index in [0.29, 0.717) is 18.1 Å². The average molecular weight is 327 g/mol. The maximum atomic E-state index is 12.1. The lowest BCUT2D eigenvalue weighted by molar-refractivity contribution is -0.132. The van der Waals surface area contributed by atoms with E-state index in [-0.39, 0.29) is 11.8 Å². The summed E-state index contributed by atoms with van der Waals surface area (Å²) in [7, 11) is 0. The van der Waals surface area contributed by atoms with Gasteiger partial charge in [0.1, 0.15) is 0 Å². The first-order valence-corrected chi connectivity index (χ1v) is 8.85. The van der Waals surface area contributed by atoms with E-state index < -0.39 is 0 Å². The van der Waals surface area contributed by atoms with Gasteiger partial charge < -0.3 is 9.42 Å². The van der Waals surface area contributed by atoms with Crippen LogP contribution >= 0.6 is 0 Å². The molecule has 0 unspecified atom stereocenters. The van der Waals surface area contributed by atoms with Gasteiger partial charge in [0, 0.05) is 31.0 Å². The molecule has 0 saturated carbocycles. The number of nitrogens with zero attached hydrogens (tertiary/aromatic N) is 3. The fraction of sp³-hybridized carbons (Fsp3) is 0.526. The molecule has 128 valence electrons. The Morgan fingerprint density at radius 1 is 1.33 bits per heavy atom. The maximum Gasteiger partial charge on any atom is 0.230 e. The molecule has 1 aromatic heterocycles. The van der Waals surface area contributed by atoms with Crippen LogP contribution in [0.2, 0.25) is 0 Å². The Balaban J connectivity index is 1.60. The van der Waals surface area contributed by atoms with E-state index in [1.54, 1.807) is 0 Å². The van der Waals surface area contributed by atoms with Gasteiger partial charge in [-0.2, -0.15) is 4.98 Å². The number of amides is 1. The number of aromatic nitrogens is 2. The molecule has 5 heteroatoms. The van der Waals surface area contributed by atoms with Gasteiger partial charge in [-0.25, -0.2) is 0 Å². The predicted octanol–water partition coefficient (Wildman–Crippen LogP) is 3.94. The first-order valence-electron chi connectivity index (χ1n) is 8.85. The minimum atomic E-state index is 0.256. The van der Waals surface area contributed by atoms with E-state index in [1.807, 2.05) is 17.0 Å². The van der Waals surface area contributed by atoms with E-state index >= 15 is 0 Å². The summed E-state index contributed by atoms with van der Waals surface area (Å²) < 4.78 is 5.49. The summed E-state index contributed by atoms with van der Waals surface area (Å²) in [5, 5.41) is 4.13. The molecule has 0 radical (unpaired) electrons. The lowest BCUT2D eigenvalue weighted by atomic mass is 9.96. The van der Waals surface area contributed by atoms with Crippen molar-refractivity contribution in [2.45, 2.75) is 51.9 Å². The van der Waals surface area contributed by atoms with Crippen molar-refractivity contribution in [2.75, 3.05) is 13.1 Å². The fourth-order valence-electron chi connectivity index (χ4n) is 3.16. The lowest BCUT2D eigenvalue weighted by Crippen LogP contribution is -2.37. The molecule has 3 rings (SSSR count). The molecule has 1 fully saturated rings. The van der Waals surface area contributed by atoms with Crippen LogP contribution in [0.1, 0.15) is 56.4 Å². The van der Waals surface area contributed by atoms with E-state index in [2.05, 4.69) is 36.1 Å². The van der Waals surface area contributed by atoms with Crippen LogP contribution in [0, 0.1) is 6.92 Å². The maximum absolute atomic E-state index is 12.1. The highest BCUT2D eigenvalue weighted by atomic mass is 16.5. The van der Waals surface area contributed by atoms with Gasteiger partial charge in [-0.3, -0.25) is 4.79 Å². The first kappa shape index (κ1) is 16.7. The number of benzene rings is 1. The summed E-state index contributed by atoms with van der Waals surface area (Å²) in [4.78, 5) is 18.7. The highest BCUT2D eigenvalue weighted by Gasteiger charge is 2.27. The third-order valence-electron chi connectivity index (χ3n) is 4.66. The second-order valence-corrected chi connectivity index (χ2v) is 6.58. The Morgan fingerprint density at radius 3 is 2.83 bits per heavy atom. The number of piperidine rings is 1. The van der Waals surface area contributed by atoms with Crippen molar-refractivity contribution in [1.82, 2.24) is 15.0 Å². The summed E-state index contributed by atoms with van der Waals surface area (Å²) in [6, 6.07) is 8.11. The third kappa shape index (κ3) is 3.83. The Kier molecular flexibility index (Phi) is 5.28. The monoisotopic (exact) mass is 327 g/mol. The van der Waals surface area contributed by atoms with Crippen molar-refractivity contribution in [3.8, 4) is 11.4 Å². The number of hydrogen-bond acceptors (Lipinski definition) is 4. The van der Waals surface area contributed by atoms with Crippen molar-refractivity contribution < 1.29 is 9.32 Å². The van der Waals surface area contributed by atoms with Crippen LogP contribution in [0.3, 0.4) is 0 Å². The molecule has 0 atom stereocenters. The van der Waals surface area contributed by atoms with Crippen LogP contribution in [0.25, 0.3) is 11.4 Å². The van der Waals surface area contributed by atoms with Crippen LogP contribution in [-0.2, 0) is 4.79 Å². The Hall–Kier alpha value is -2.17. The minimum absolute atomic E-state index is 0.256. The van der Waals surface area contributed by atoms with Crippen molar-refractivity contribution in [3.63, 3.8) is 0 Å². The van der Waals surface area contributed by atoms with Crippen molar-refractivity contribution in [1.29, 1.82) is 0 Å². The molecule has 0 bridgehead atoms. The number of carbonyl (C=O) groups excluding carboxylic acids is 1. The van der Waals surface area contributed by atoms with Gasteiger partial charge in [0.25, 0.3) is 0 Å². The van der Waals surface area contributed by atoms with Crippen LogP contribution in [0.5, 0.6) is 0 Å². The molecule has 24 heavy (non-hydrogen) atoms. The molecule has 5 nitrogen and oxygen atoms in total. The highest BCUT2D eigenvalue weighted by molar-refractivity contribution is 5.76. The largest absolute Gasteiger partial charge is 0.343 e. The predicted molar refractivity (Wildman–Crippen MR) is 92.6 cm³/mol. The lowest BCUT2D eigenvalue weighted by Gasteiger charge is -2.30. The molecule has 1 saturated heterocycles. The standard InChI is InChI=1S/C19H25N3O2/c1-3-4-8-17(23)22-11-9-15(10-12-22)19-20-18(21-24-19)16-7-5-6-14(2)13-16/h5-7,13,15H,3-4,8-12H2,1-2H3. The van der Waals surface area contributed by atoms with Gasteiger partial charge in [-0.05, 0) is 32.3 Å². The number of hydrogen-bond donors (Lipinski definition) is 0. The van der Waals surface area contributed by atoms with Crippen molar-refractivity contribution >= 4 is 5.91 Å². The number of aryl methyl sites for hydroxylation is 1. The van der Waals surface area contributed by atoms with Crippen LogP contribution in [0.4, 0.5) is 0 Å². The molecule has 1 aromatic carbocycles. The van der Waals surface area contributed by atoms with E-state index in [0.717, 1.165) is 44.3 Å². The fourth-order valence-corrected chi connectivity index (χ4v) is 3.16. The zero-order chi connectivity index (χ0) is 16.9. The summed E-state index contributed by atoms with van der Waals surface area (Å²) in [6.07, 6.45) is 4.49. The molecule has 2 heterocycles. The summed E-state index contributed by atoms with van der Waals surface area (Å²) >= 11 is 0. The van der Waals surface area contributed by atoms with Gasteiger partial charge in [-0.15, -0.1) is 0 Å². The zero-order valence-electron chi connectivity index (χ0n) is 14.5. The SMILES string of the molecule is CCCCC(=O)N1CCC(c2nc(-c3cccc(C)c3)no2)CC1. The third-order valence-corrected chi connectivity index (χ3v) is 4.66. The van der Waals surface area contributed by atoms with Gasteiger partial charge >= 0.3 is 0 Å². The first-order chi connectivity index (χ1) is 11.7. The second kappa shape index (κ2) is 7.60. The van der Waals surface area contributed by atoms with Crippen LogP contribution in [-0.4, -0.2) is 34.0 Å². The summed E-state index contributed by atoms with van der Waals surface area (Å²) in [6.45, 7) is 5.74. The summed E-state index contributed by atoms with van der Waals surface area (Å²) in [5.74, 6) is 1.88. The molecule has 0 aliphatic carbocycles. The van der Waals surface area contributed by atoms with Gasteiger partial charge in [0.05, 0.1) is 0 Å². The van der Waals surface area contributed by atoms with E-state index in [9.17, 15) is 4.79 Å². The van der Waals surface area contributed by atoms with Crippen molar-refractivity contribution in [3.05, 3.63) is 35.7 Å². The number of unbranched alkanes of at least 4 members (excludes halogenated alkanes) is 1. The smallest absolute Gasteiger partial charge is 0.230 e. The highest BCUT2D eigenvalue weighted by Crippen LogP contribution is 2.29.